The second kappa shape index (κ2) is 7.60. The lowest BCUT2D eigenvalue weighted by atomic mass is 9.86. The quantitative estimate of drug-likeness (QED) is 0.778. The van der Waals surface area contributed by atoms with Gasteiger partial charge < -0.3 is 9.64 Å². The summed E-state index contributed by atoms with van der Waals surface area (Å²) in [7, 11) is 3.61. The van der Waals surface area contributed by atoms with E-state index in [-0.39, 0.29) is 11.9 Å². The van der Waals surface area contributed by atoms with E-state index >= 15 is 0 Å². The third-order valence-corrected chi connectivity index (χ3v) is 4.69. The van der Waals surface area contributed by atoms with Crippen molar-refractivity contribution >= 4 is 5.97 Å². The fourth-order valence-electron chi connectivity index (χ4n) is 3.38. The largest absolute Gasteiger partial charge is 0.469 e. The molecule has 0 aliphatic heterocycles. The summed E-state index contributed by atoms with van der Waals surface area (Å²) in [6.45, 7) is 3.06. The predicted octanol–water partition coefficient (Wildman–Crippen LogP) is 3.45. The van der Waals surface area contributed by atoms with Crippen molar-refractivity contribution in [1.29, 1.82) is 0 Å². The monoisotopic (exact) mass is 289 g/mol. The first-order valence-electron chi connectivity index (χ1n) is 7.94. The molecule has 1 aliphatic rings. The molecule has 3 heteroatoms. The molecule has 0 radical (unpaired) electrons. The van der Waals surface area contributed by atoms with E-state index in [0.717, 1.165) is 18.0 Å². The number of carbonyl (C=O) groups is 1. The highest BCUT2D eigenvalue weighted by molar-refractivity contribution is 5.78. The maximum absolute atomic E-state index is 12.1. The topological polar surface area (TPSA) is 29.5 Å². The van der Waals surface area contributed by atoms with Gasteiger partial charge >= 0.3 is 5.97 Å². The first-order chi connectivity index (χ1) is 10.1. The number of likely N-dealkylation sites (N-methyl/N-ethyl adjacent to an activating group) is 1. The fraction of sp³-hybridized carbons (Fsp3) is 0.611. The summed E-state index contributed by atoms with van der Waals surface area (Å²) in [6.07, 6.45) is 5.11. The Labute approximate surface area is 128 Å². The van der Waals surface area contributed by atoms with Crippen molar-refractivity contribution in [1.82, 2.24) is 4.90 Å². The Kier molecular flexibility index (Phi) is 5.80. The van der Waals surface area contributed by atoms with Crippen LogP contribution in [0.4, 0.5) is 0 Å². The van der Waals surface area contributed by atoms with Crippen LogP contribution in [-0.2, 0) is 9.53 Å². The maximum atomic E-state index is 12.1. The number of rotatable bonds is 5. The van der Waals surface area contributed by atoms with Crippen LogP contribution in [0.5, 0.6) is 0 Å². The molecule has 0 heterocycles. The molecule has 0 amide bonds. The number of esters is 1. The van der Waals surface area contributed by atoms with Crippen LogP contribution in [0.25, 0.3) is 0 Å². The summed E-state index contributed by atoms with van der Waals surface area (Å²) >= 11 is 0. The number of nitrogens with zero attached hydrogens (tertiary/aromatic N) is 1. The zero-order chi connectivity index (χ0) is 15.2. The Bertz CT molecular complexity index is 446. The molecule has 0 N–H and O–H groups in total. The number of carbonyl (C=O) groups excluding carboxylic acids is 1. The first kappa shape index (κ1) is 16.0. The average Bonchev–Trinajstić information content (AvgIpc) is 2.52. The van der Waals surface area contributed by atoms with E-state index in [9.17, 15) is 4.79 Å². The van der Waals surface area contributed by atoms with Gasteiger partial charge in [0, 0.05) is 12.6 Å². The minimum atomic E-state index is -0.196. The van der Waals surface area contributed by atoms with Gasteiger partial charge in [-0.1, -0.05) is 50.1 Å². The van der Waals surface area contributed by atoms with Crippen LogP contribution in [-0.4, -0.2) is 37.6 Å². The molecule has 0 spiro atoms. The summed E-state index contributed by atoms with van der Waals surface area (Å²) in [4.78, 5) is 14.5. The Balaban J connectivity index is 2.06. The molecule has 3 nitrogen and oxygen atoms in total. The third kappa shape index (κ3) is 4.31. The van der Waals surface area contributed by atoms with Crippen molar-refractivity contribution in [3.05, 3.63) is 35.9 Å². The molecule has 1 aromatic rings. The van der Waals surface area contributed by atoms with Gasteiger partial charge in [0.05, 0.1) is 13.0 Å². The van der Waals surface area contributed by atoms with Gasteiger partial charge in [0.15, 0.2) is 0 Å². The van der Waals surface area contributed by atoms with Crippen molar-refractivity contribution in [3.63, 3.8) is 0 Å². The van der Waals surface area contributed by atoms with Crippen molar-refractivity contribution in [2.45, 2.75) is 44.6 Å². The van der Waals surface area contributed by atoms with E-state index in [4.69, 9.17) is 4.74 Å². The van der Waals surface area contributed by atoms with Gasteiger partial charge in [-0.2, -0.15) is 0 Å². The minimum absolute atomic E-state index is 0.142. The molecule has 116 valence electrons. The molecular formula is C18H27NO2. The van der Waals surface area contributed by atoms with Crippen molar-refractivity contribution in [2.75, 3.05) is 20.7 Å². The van der Waals surface area contributed by atoms with Gasteiger partial charge in [0.2, 0.25) is 0 Å². The normalized spacial score (nSPS) is 23.8. The molecule has 21 heavy (non-hydrogen) atoms. The predicted molar refractivity (Wildman–Crippen MR) is 85.2 cm³/mol. The lowest BCUT2D eigenvalue weighted by Crippen LogP contribution is -2.39. The Morgan fingerprint density at radius 1 is 1.33 bits per heavy atom. The highest BCUT2D eigenvalue weighted by Gasteiger charge is 2.28. The molecule has 0 aromatic heterocycles. The lowest BCUT2D eigenvalue weighted by molar-refractivity contribution is -0.143. The Hall–Kier alpha value is -1.35. The van der Waals surface area contributed by atoms with E-state index in [1.54, 1.807) is 0 Å². The second-order valence-corrected chi connectivity index (χ2v) is 6.35. The molecule has 0 bridgehead atoms. The summed E-state index contributed by atoms with van der Waals surface area (Å²) in [5, 5.41) is 0. The van der Waals surface area contributed by atoms with E-state index in [2.05, 4.69) is 18.9 Å². The summed E-state index contributed by atoms with van der Waals surface area (Å²) < 4.78 is 5.01. The van der Waals surface area contributed by atoms with Crippen LogP contribution in [0.3, 0.4) is 0 Å². The van der Waals surface area contributed by atoms with Crippen LogP contribution in [0.2, 0.25) is 0 Å². The molecule has 1 saturated carbocycles. The van der Waals surface area contributed by atoms with Crippen LogP contribution in [0, 0.1) is 5.92 Å². The minimum Gasteiger partial charge on any atom is -0.469 e. The number of benzene rings is 1. The van der Waals surface area contributed by atoms with E-state index in [0.29, 0.717) is 6.04 Å². The van der Waals surface area contributed by atoms with Crippen molar-refractivity contribution < 1.29 is 9.53 Å². The van der Waals surface area contributed by atoms with Crippen molar-refractivity contribution in [3.8, 4) is 0 Å². The van der Waals surface area contributed by atoms with Gasteiger partial charge in [-0.15, -0.1) is 0 Å². The number of ether oxygens (including phenoxy) is 1. The molecule has 2 rings (SSSR count). The van der Waals surface area contributed by atoms with E-state index < -0.39 is 0 Å². The number of hydrogen-bond acceptors (Lipinski definition) is 3. The van der Waals surface area contributed by atoms with Gasteiger partial charge in [0.1, 0.15) is 0 Å². The van der Waals surface area contributed by atoms with Crippen LogP contribution < -0.4 is 0 Å². The summed E-state index contributed by atoms with van der Waals surface area (Å²) in [5.74, 6) is 0.454. The molecular weight excluding hydrogens is 262 g/mol. The van der Waals surface area contributed by atoms with Gasteiger partial charge in [0.25, 0.3) is 0 Å². The molecule has 0 saturated heterocycles. The molecule has 1 aliphatic carbocycles. The smallest absolute Gasteiger partial charge is 0.314 e. The second-order valence-electron chi connectivity index (χ2n) is 6.35. The maximum Gasteiger partial charge on any atom is 0.314 e. The van der Waals surface area contributed by atoms with Crippen LogP contribution >= 0.6 is 0 Å². The van der Waals surface area contributed by atoms with Crippen LogP contribution in [0.15, 0.2) is 30.3 Å². The summed E-state index contributed by atoms with van der Waals surface area (Å²) in [5.41, 5.74) is 1.04. The molecule has 3 atom stereocenters. The molecule has 3 unspecified atom stereocenters. The number of methoxy groups -OCH3 is 1. The highest BCUT2D eigenvalue weighted by atomic mass is 16.5. The third-order valence-electron chi connectivity index (χ3n) is 4.69. The number of hydrogen-bond donors (Lipinski definition) is 0. The van der Waals surface area contributed by atoms with Crippen molar-refractivity contribution in [2.24, 2.45) is 5.92 Å². The fourth-order valence-corrected chi connectivity index (χ4v) is 3.38. The van der Waals surface area contributed by atoms with Crippen LogP contribution in [0.1, 0.15) is 44.1 Å². The Morgan fingerprint density at radius 2 is 2.05 bits per heavy atom. The van der Waals surface area contributed by atoms with E-state index in [1.165, 1.54) is 32.8 Å². The Morgan fingerprint density at radius 3 is 2.67 bits per heavy atom. The van der Waals surface area contributed by atoms with E-state index in [1.807, 2.05) is 30.3 Å². The summed E-state index contributed by atoms with van der Waals surface area (Å²) in [6, 6.07) is 10.6. The molecule has 1 fully saturated rings. The van der Waals surface area contributed by atoms with Gasteiger partial charge in [-0.25, -0.2) is 0 Å². The lowest BCUT2D eigenvalue weighted by Gasteiger charge is -2.35. The standard InChI is InChI=1S/C18H27NO2/c1-14-8-7-11-16(12-14)19(2)13-17(18(20)21-3)15-9-5-4-6-10-15/h4-6,9-10,14,16-17H,7-8,11-13H2,1-3H3. The zero-order valence-corrected chi connectivity index (χ0v) is 13.4. The first-order valence-corrected chi connectivity index (χ1v) is 7.94. The van der Waals surface area contributed by atoms with Gasteiger partial charge in [-0.3, -0.25) is 4.79 Å². The SMILES string of the molecule is COC(=O)C(CN(C)C1CCCC(C)C1)c1ccccc1. The average molecular weight is 289 g/mol. The van der Waals surface area contributed by atoms with Gasteiger partial charge in [-0.05, 0) is 31.4 Å². The zero-order valence-electron chi connectivity index (χ0n) is 13.4. The molecule has 1 aromatic carbocycles. The highest BCUT2D eigenvalue weighted by Crippen LogP contribution is 2.28.